The number of hydrogen-bond donors (Lipinski definition) is 2. The fraction of sp³-hybridized carbons (Fsp3) is 0.227. The van der Waals surface area contributed by atoms with E-state index in [0.717, 1.165) is 30.6 Å². The molecule has 160 valence electrons. The second-order valence-electron chi connectivity index (χ2n) is 6.76. The van der Waals surface area contributed by atoms with E-state index in [1.165, 1.54) is 18.3 Å². The Hall–Kier alpha value is -4.01. The Bertz CT molecular complexity index is 1110. The standard InChI is InChI=1S/C22H23N5O4/c1-2-3-6-13-31-18-11-9-16(10-12-18)22-19(14-21(28)25-26-22)24-23-15-17-7-4-5-8-20(17)27(29)30/h4-5,7-12,14-15H,2-3,6,13H2,1H3,(H2,24,25,28)/b23-15+. The number of aromatic nitrogens is 2. The monoisotopic (exact) mass is 421 g/mol. The van der Waals surface area contributed by atoms with Crippen LogP contribution in [0.2, 0.25) is 0 Å². The first-order chi connectivity index (χ1) is 15.1. The Labute approximate surface area is 178 Å². The molecule has 31 heavy (non-hydrogen) atoms. The van der Waals surface area contributed by atoms with Crippen LogP contribution in [0, 0.1) is 10.1 Å². The van der Waals surface area contributed by atoms with Gasteiger partial charge in [0.1, 0.15) is 11.4 Å². The highest BCUT2D eigenvalue weighted by Crippen LogP contribution is 2.26. The van der Waals surface area contributed by atoms with Crippen LogP contribution >= 0.6 is 0 Å². The van der Waals surface area contributed by atoms with Crippen molar-refractivity contribution >= 4 is 17.6 Å². The van der Waals surface area contributed by atoms with Crippen LogP contribution in [0.3, 0.4) is 0 Å². The van der Waals surface area contributed by atoms with Gasteiger partial charge in [-0.25, -0.2) is 5.10 Å². The molecule has 0 fully saturated rings. The predicted molar refractivity (Wildman–Crippen MR) is 120 cm³/mol. The number of unbranched alkanes of at least 4 members (excludes halogenated alkanes) is 2. The number of H-pyrrole nitrogens is 1. The Morgan fingerprint density at radius 1 is 1.19 bits per heavy atom. The van der Waals surface area contributed by atoms with Gasteiger partial charge in [0.25, 0.3) is 11.2 Å². The summed E-state index contributed by atoms with van der Waals surface area (Å²) in [4.78, 5) is 22.4. The number of ether oxygens (including phenoxy) is 1. The van der Waals surface area contributed by atoms with E-state index in [0.29, 0.717) is 23.6 Å². The van der Waals surface area contributed by atoms with E-state index in [9.17, 15) is 14.9 Å². The molecule has 2 aromatic carbocycles. The van der Waals surface area contributed by atoms with Gasteiger partial charge in [0.2, 0.25) is 0 Å². The van der Waals surface area contributed by atoms with Crippen molar-refractivity contribution in [1.29, 1.82) is 0 Å². The molecule has 0 saturated carbocycles. The van der Waals surface area contributed by atoms with Gasteiger partial charge in [-0.1, -0.05) is 31.9 Å². The number of hydrogen-bond acceptors (Lipinski definition) is 7. The molecule has 9 heteroatoms. The van der Waals surface area contributed by atoms with Crippen LogP contribution in [0.1, 0.15) is 31.7 Å². The average molecular weight is 421 g/mol. The van der Waals surface area contributed by atoms with E-state index in [1.807, 2.05) is 24.3 Å². The summed E-state index contributed by atoms with van der Waals surface area (Å²) in [5.41, 5.74) is 4.24. The zero-order valence-electron chi connectivity index (χ0n) is 17.1. The highest BCUT2D eigenvalue weighted by atomic mass is 16.6. The molecule has 0 unspecified atom stereocenters. The Balaban J connectivity index is 1.77. The molecule has 3 rings (SSSR count). The molecule has 0 amide bonds. The van der Waals surface area contributed by atoms with E-state index in [-0.39, 0.29) is 5.69 Å². The summed E-state index contributed by atoms with van der Waals surface area (Å²) in [5.74, 6) is 0.758. The molecule has 0 radical (unpaired) electrons. The lowest BCUT2D eigenvalue weighted by Gasteiger charge is -2.09. The first kappa shape index (κ1) is 21.7. The maximum atomic E-state index is 11.8. The number of nitrogens with one attached hydrogen (secondary N) is 2. The third-order valence-electron chi connectivity index (χ3n) is 4.47. The molecule has 3 aromatic rings. The summed E-state index contributed by atoms with van der Waals surface area (Å²) < 4.78 is 5.72. The Morgan fingerprint density at radius 3 is 2.71 bits per heavy atom. The van der Waals surface area contributed by atoms with Crippen LogP contribution in [-0.2, 0) is 0 Å². The molecule has 0 aliphatic rings. The van der Waals surface area contributed by atoms with Crippen LogP contribution in [0.5, 0.6) is 5.75 Å². The van der Waals surface area contributed by atoms with Crippen molar-refractivity contribution in [3.63, 3.8) is 0 Å². The van der Waals surface area contributed by atoms with E-state index in [2.05, 4.69) is 27.6 Å². The summed E-state index contributed by atoms with van der Waals surface area (Å²) in [6.07, 6.45) is 4.60. The number of aromatic amines is 1. The van der Waals surface area contributed by atoms with Crippen molar-refractivity contribution in [2.24, 2.45) is 5.10 Å². The molecule has 0 spiro atoms. The lowest BCUT2D eigenvalue weighted by molar-refractivity contribution is -0.385. The molecule has 0 aliphatic carbocycles. The maximum absolute atomic E-state index is 11.8. The predicted octanol–water partition coefficient (Wildman–Crippen LogP) is 4.36. The summed E-state index contributed by atoms with van der Waals surface area (Å²) >= 11 is 0. The van der Waals surface area contributed by atoms with Gasteiger partial charge in [-0.2, -0.15) is 10.2 Å². The summed E-state index contributed by atoms with van der Waals surface area (Å²) in [6.45, 7) is 2.81. The van der Waals surface area contributed by atoms with E-state index in [1.54, 1.807) is 18.2 Å². The third-order valence-corrected chi connectivity index (χ3v) is 4.47. The Kier molecular flexibility index (Phi) is 7.47. The summed E-state index contributed by atoms with van der Waals surface area (Å²) in [7, 11) is 0. The van der Waals surface area contributed by atoms with Crippen LogP contribution in [-0.4, -0.2) is 27.9 Å². The minimum atomic E-state index is -0.479. The molecule has 0 saturated heterocycles. The number of nitrogens with zero attached hydrogens (tertiary/aromatic N) is 3. The van der Waals surface area contributed by atoms with Gasteiger partial charge in [-0.3, -0.25) is 20.3 Å². The molecule has 1 aromatic heterocycles. The number of nitro benzene ring substituents is 1. The SMILES string of the molecule is CCCCCOc1ccc(-c2n[nH]c(=O)cc2N/N=C/c2ccccc2[N+](=O)[O-])cc1. The zero-order chi connectivity index (χ0) is 22.1. The van der Waals surface area contributed by atoms with Crippen molar-refractivity contribution in [1.82, 2.24) is 10.2 Å². The smallest absolute Gasteiger partial charge is 0.278 e. The van der Waals surface area contributed by atoms with Crippen molar-refractivity contribution in [2.45, 2.75) is 26.2 Å². The van der Waals surface area contributed by atoms with Gasteiger partial charge in [0, 0.05) is 17.7 Å². The molecule has 2 N–H and O–H groups in total. The number of hydrazone groups is 1. The third kappa shape index (κ3) is 5.99. The highest BCUT2D eigenvalue weighted by Gasteiger charge is 2.11. The van der Waals surface area contributed by atoms with Crippen molar-refractivity contribution in [3.05, 3.63) is 80.6 Å². The van der Waals surface area contributed by atoms with Crippen LogP contribution < -0.4 is 15.7 Å². The molecular weight excluding hydrogens is 398 g/mol. The molecule has 0 bridgehead atoms. The van der Waals surface area contributed by atoms with Gasteiger partial charge in [-0.05, 0) is 36.8 Å². The van der Waals surface area contributed by atoms with Gasteiger partial charge in [-0.15, -0.1) is 0 Å². The molecule has 1 heterocycles. The fourth-order valence-corrected chi connectivity index (χ4v) is 2.89. The summed E-state index contributed by atoms with van der Waals surface area (Å²) in [6, 6.07) is 14.9. The average Bonchev–Trinajstić information content (AvgIpc) is 2.78. The molecule has 0 aliphatic heterocycles. The number of benzene rings is 2. The van der Waals surface area contributed by atoms with Gasteiger partial charge in [0.05, 0.1) is 29.0 Å². The number of nitro groups is 1. The minimum absolute atomic E-state index is 0.0631. The van der Waals surface area contributed by atoms with Crippen molar-refractivity contribution < 1.29 is 9.66 Å². The van der Waals surface area contributed by atoms with Crippen LogP contribution in [0.15, 0.2) is 64.5 Å². The quantitative estimate of drug-likeness (QED) is 0.217. The Morgan fingerprint density at radius 2 is 1.97 bits per heavy atom. The molecule has 9 nitrogen and oxygen atoms in total. The minimum Gasteiger partial charge on any atom is -0.494 e. The van der Waals surface area contributed by atoms with Gasteiger partial charge < -0.3 is 4.74 Å². The van der Waals surface area contributed by atoms with Gasteiger partial charge >= 0.3 is 0 Å². The topological polar surface area (TPSA) is 123 Å². The van der Waals surface area contributed by atoms with Crippen LogP contribution in [0.4, 0.5) is 11.4 Å². The molecular formula is C22H23N5O4. The number of rotatable bonds is 10. The fourth-order valence-electron chi connectivity index (χ4n) is 2.89. The number of para-hydroxylation sites is 1. The normalized spacial score (nSPS) is 10.9. The van der Waals surface area contributed by atoms with Crippen LogP contribution in [0.25, 0.3) is 11.3 Å². The maximum Gasteiger partial charge on any atom is 0.278 e. The first-order valence-corrected chi connectivity index (χ1v) is 9.94. The molecule has 0 atom stereocenters. The summed E-state index contributed by atoms with van der Waals surface area (Å²) in [5, 5.41) is 21.7. The van der Waals surface area contributed by atoms with Gasteiger partial charge in [0.15, 0.2) is 0 Å². The zero-order valence-corrected chi connectivity index (χ0v) is 17.1. The second kappa shape index (κ2) is 10.7. The second-order valence-corrected chi connectivity index (χ2v) is 6.76. The largest absolute Gasteiger partial charge is 0.494 e. The number of anilines is 1. The highest BCUT2D eigenvalue weighted by molar-refractivity contribution is 5.86. The van der Waals surface area contributed by atoms with E-state index >= 15 is 0 Å². The van der Waals surface area contributed by atoms with E-state index < -0.39 is 10.5 Å². The van der Waals surface area contributed by atoms with E-state index in [4.69, 9.17) is 4.74 Å². The lowest BCUT2D eigenvalue weighted by atomic mass is 10.1. The van der Waals surface area contributed by atoms with Crippen molar-refractivity contribution in [2.75, 3.05) is 12.0 Å². The lowest BCUT2D eigenvalue weighted by Crippen LogP contribution is -2.10. The van der Waals surface area contributed by atoms with Crippen molar-refractivity contribution in [3.8, 4) is 17.0 Å². The first-order valence-electron chi connectivity index (χ1n) is 9.94.